The van der Waals surface area contributed by atoms with Crippen LogP contribution in [-0.2, 0) is 26.0 Å². The van der Waals surface area contributed by atoms with Crippen LogP contribution in [0.5, 0.6) is 0 Å². The fourth-order valence-electron chi connectivity index (χ4n) is 3.74. The van der Waals surface area contributed by atoms with Gasteiger partial charge >= 0.3 is 0 Å². The molecule has 25 heavy (non-hydrogen) atoms. The maximum Gasteiger partial charge on any atom is 0.243 e. The third-order valence-electron chi connectivity index (χ3n) is 5.16. The number of amides is 1. The van der Waals surface area contributed by atoms with E-state index in [1.54, 1.807) is 22.5 Å². The Bertz CT molecular complexity index is 766. The van der Waals surface area contributed by atoms with Crippen LogP contribution in [0.4, 0.5) is 5.69 Å². The summed E-state index contributed by atoms with van der Waals surface area (Å²) in [6.45, 7) is 4.16. The lowest BCUT2D eigenvalue weighted by atomic mass is 10.2. The number of anilines is 1. The molecule has 3 aliphatic heterocycles. The van der Waals surface area contributed by atoms with Crippen LogP contribution in [0.3, 0.4) is 0 Å². The van der Waals surface area contributed by atoms with E-state index in [9.17, 15) is 13.2 Å². The van der Waals surface area contributed by atoms with E-state index >= 15 is 0 Å². The van der Waals surface area contributed by atoms with Gasteiger partial charge in [0.05, 0.1) is 17.4 Å². The summed E-state index contributed by atoms with van der Waals surface area (Å²) >= 11 is 0. The normalized spacial score (nSPS) is 25.1. The summed E-state index contributed by atoms with van der Waals surface area (Å²) in [6.07, 6.45) is 2.76. The number of rotatable bonds is 4. The summed E-state index contributed by atoms with van der Waals surface area (Å²) in [4.78, 5) is 14.0. The van der Waals surface area contributed by atoms with Crippen molar-refractivity contribution in [3.05, 3.63) is 23.8 Å². The van der Waals surface area contributed by atoms with E-state index in [1.165, 1.54) is 0 Å². The Morgan fingerprint density at radius 3 is 2.72 bits per heavy atom. The van der Waals surface area contributed by atoms with Gasteiger partial charge in [-0.1, -0.05) is 0 Å². The Hall–Kier alpha value is -1.48. The number of piperazine rings is 1. The molecule has 7 nitrogen and oxygen atoms in total. The van der Waals surface area contributed by atoms with Crippen molar-refractivity contribution in [1.82, 2.24) is 9.21 Å². The third kappa shape index (κ3) is 3.44. The highest BCUT2D eigenvalue weighted by atomic mass is 32.2. The van der Waals surface area contributed by atoms with E-state index in [4.69, 9.17) is 4.74 Å². The highest BCUT2D eigenvalue weighted by Crippen LogP contribution is 2.27. The molecule has 0 saturated carbocycles. The SMILES string of the molecule is O=C1Cc2cc(S(=O)(=O)N3CCN(CC4CCCO4)CC3)ccc2N1. The standard InChI is InChI=1S/C17H23N3O4S/c21-17-11-13-10-15(3-4-16(13)18-17)25(22,23)20-7-5-19(6-8-20)12-14-2-1-9-24-14/h3-4,10,14H,1-2,5-9,11-12H2,(H,18,21). The van der Waals surface area contributed by atoms with Crippen LogP contribution in [0, 0.1) is 0 Å². The summed E-state index contributed by atoms with van der Waals surface area (Å²) < 4.78 is 33.0. The van der Waals surface area contributed by atoms with Crippen molar-refractivity contribution in [2.45, 2.75) is 30.3 Å². The number of carbonyl (C=O) groups excluding carboxylic acids is 1. The van der Waals surface area contributed by atoms with Crippen molar-refractivity contribution in [2.24, 2.45) is 0 Å². The van der Waals surface area contributed by atoms with Gasteiger partial charge < -0.3 is 10.1 Å². The minimum Gasteiger partial charge on any atom is -0.377 e. The molecule has 2 saturated heterocycles. The predicted octanol–water partition coefficient (Wildman–Crippen LogP) is 0.667. The zero-order valence-corrected chi connectivity index (χ0v) is 14.9. The number of carbonyl (C=O) groups is 1. The molecule has 1 unspecified atom stereocenters. The molecule has 1 aromatic rings. The minimum absolute atomic E-state index is 0.0905. The minimum atomic E-state index is -3.52. The molecular formula is C17H23N3O4S. The van der Waals surface area contributed by atoms with Gasteiger partial charge in [-0.3, -0.25) is 9.69 Å². The first kappa shape index (κ1) is 17.0. The average molecular weight is 365 g/mol. The molecule has 0 spiro atoms. The van der Waals surface area contributed by atoms with Gasteiger partial charge in [0, 0.05) is 45.0 Å². The number of ether oxygens (including phenoxy) is 1. The van der Waals surface area contributed by atoms with Crippen molar-refractivity contribution < 1.29 is 17.9 Å². The first-order valence-electron chi connectivity index (χ1n) is 8.79. The van der Waals surface area contributed by atoms with E-state index in [0.717, 1.165) is 44.6 Å². The summed E-state index contributed by atoms with van der Waals surface area (Å²) in [6, 6.07) is 4.89. The number of fused-ring (bicyclic) bond motifs is 1. The second-order valence-corrected chi connectivity index (χ2v) is 8.82. The second kappa shape index (κ2) is 6.68. The Balaban J connectivity index is 1.41. The molecule has 3 heterocycles. The number of hydrogen-bond acceptors (Lipinski definition) is 5. The van der Waals surface area contributed by atoms with Gasteiger partial charge in [0.25, 0.3) is 0 Å². The molecule has 1 atom stereocenters. The van der Waals surface area contributed by atoms with Gasteiger partial charge in [0.2, 0.25) is 15.9 Å². The summed E-state index contributed by atoms with van der Waals surface area (Å²) in [5.41, 5.74) is 1.47. The molecule has 0 radical (unpaired) electrons. The zero-order chi connectivity index (χ0) is 17.4. The lowest BCUT2D eigenvalue weighted by molar-refractivity contribution is -0.115. The van der Waals surface area contributed by atoms with Crippen LogP contribution < -0.4 is 5.32 Å². The Kier molecular flexibility index (Phi) is 4.53. The summed E-state index contributed by atoms with van der Waals surface area (Å²) in [7, 11) is -3.52. The molecule has 136 valence electrons. The van der Waals surface area contributed by atoms with Gasteiger partial charge in [0.1, 0.15) is 0 Å². The van der Waals surface area contributed by atoms with E-state index in [2.05, 4.69) is 10.2 Å². The van der Waals surface area contributed by atoms with Gasteiger partial charge in [0.15, 0.2) is 0 Å². The van der Waals surface area contributed by atoms with Gasteiger partial charge in [-0.25, -0.2) is 8.42 Å². The largest absolute Gasteiger partial charge is 0.377 e. The number of nitrogens with zero attached hydrogens (tertiary/aromatic N) is 2. The Labute approximate surface area is 148 Å². The van der Waals surface area contributed by atoms with Crippen LogP contribution in [-0.4, -0.2) is 69.0 Å². The van der Waals surface area contributed by atoms with Crippen LogP contribution in [0.2, 0.25) is 0 Å². The van der Waals surface area contributed by atoms with Crippen molar-refractivity contribution in [3.63, 3.8) is 0 Å². The topological polar surface area (TPSA) is 79.0 Å². The van der Waals surface area contributed by atoms with Crippen molar-refractivity contribution in [1.29, 1.82) is 0 Å². The summed E-state index contributed by atoms with van der Waals surface area (Å²) in [5, 5.41) is 2.73. The van der Waals surface area contributed by atoms with Crippen LogP contribution >= 0.6 is 0 Å². The van der Waals surface area contributed by atoms with Crippen LogP contribution in [0.1, 0.15) is 18.4 Å². The fraction of sp³-hybridized carbons (Fsp3) is 0.588. The Morgan fingerprint density at radius 2 is 2.00 bits per heavy atom. The van der Waals surface area contributed by atoms with Crippen molar-refractivity contribution in [3.8, 4) is 0 Å². The second-order valence-electron chi connectivity index (χ2n) is 6.88. The molecule has 3 aliphatic rings. The molecular weight excluding hydrogens is 342 g/mol. The van der Waals surface area contributed by atoms with Gasteiger partial charge in [-0.05, 0) is 36.6 Å². The number of benzene rings is 1. The molecule has 1 aromatic carbocycles. The smallest absolute Gasteiger partial charge is 0.243 e. The highest BCUT2D eigenvalue weighted by molar-refractivity contribution is 7.89. The van der Waals surface area contributed by atoms with E-state index in [1.807, 2.05) is 0 Å². The van der Waals surface area contributed by atoms with Crippen molar-refractivity contribution in [2.75, 3.05) is 44.6 Å². The molecule has 2 fully saturated rings. The van der Waals surface area contributed by atoms with Gasteiger partial charge in [-0.2, -0.15) is 4.31 Å². The van der Waals surface area contributed by atoms with E-state index < -0.39 is 10.0 Å². The van der Waals surface area contributed by atoms with E-state index in [-0.39, 0.29) is 17.2 Å². The van der Waals surface area contributed by atoms with Crippen LogP contribution in [0.25, 0.3) is 0 Å². The first-order valence-corrected chi connectivity index (χ1v) is 10.2. The first-order chi connectivity index (χ1) is 12.0. The number of nitrogens with one attached hydrogen (secondary N) is 1. The summed E-state index contributed by atoms with van der Waals surface area (Å²) in [5.74, 6) is -0.0905. The average Bonchev–Trinajstić information content (AvgIpc) is 3.22. The van der Waals surface area contributed by atoms with E-state index in [0.29, 0.717) is 24.9 Å². The predicted molar refractivity (Wildman–Crippen MR) is 92.9 cm³/mol. The zero-order valence-electron chi connectivity index (χ0n) is 14.1. The quantitative estimate of drug-likeness (QED) is 0.848. The maximum absolute atomic E-state index is 12.9. The monoisotopic (exact) mass is 365 g/mol. The molecule has 0 aliphatic carbocycles. The lowest BCUT2D eigenvalue weighted by Crippen LogP contribution is -2.50. The molecule has 1 N–H and O–H groups in total. The molecule has 1 amide bonds. The maximum atomic E-state index is 12.9. The molecule has 8 heteroatoms. The fourth-order valence-corrected chi connectivity index (χ4v) is 5.22. The molecule has 0 bridgehead atoms. The number of hydrogen-bond donors (Lipinski definition) is 1. The Morgan fingerprint density at radius 1 is 1.20 bits per heavy atom. The van der Waals surface area contributed by atoms with Crippen LogP contribution in [0.15, 0.2) is 23.1 Å². The molecule has 0 aromatic heterocycles. The number of sulfonamides is 1. The highest BCUT2D eigenvalue weighted by Gasteiger charge is 2.31. The lowest BCUT2D eigenvalue weighted by Gasteiger charge is -2.35. The van der Waals surface area contributed by atoms with Gasteiger partial charge in [-0.15, -0.1) is 0 Å². The molecule has 4 rings (SSSR count). The van der Waals surface area contributed by atoms with Crippen molar-refractivity contribution >= 4 is 21.6 Å². The third-order valence-corrected chi connectivity index (χ3v) is 7.05.